The van der Waals surface area contributed by atoms with Crippen molar-refractivity contribution in [3.05, 3.63) is 109 Å². The first-order valence-electron chi connectivity index (χ1n) is 27.9. The zero-order valence-electron chi connectivity index (χ0n) is 44.1. The van der Waals surface area contributed by atoms with Crippen LogP contribution in [0.5, 0.6) is 0 Å². The molecule has 6 heteroatoms. The van der Waals surface area contributed by atoms with E-state index < -0.39 is 12.1 Å². The predicted molar refractivity (Wildman–Crippen MR) is 293 cm³/mol. The maximum atomic E-state index is 12.7. The second-order valence-electron chi connectivity index (χ2n) is 18.1. The molecular weight excluding hydrogens is 841 g/mol. The van der Waals surface area contributed by atoms with Crippen molar-refractivity contribution in [2.45, 2.75) is 252 Å². The number of carbonyl (C=O) groups excluding carboxylic acids is 3. The standard InChI is InChI=1S/C62H102O6/c1-4-7-10-13-16-18-20-22-23-24-25-26-27-28-29-30-31-32-33-34-35-36-37-38-39-41-42-44-46-49-52-55-61(64)67-58-59(57-66-60(63)54-51-48-15-12-9-6-3)68-62(65)56-53-50-47-45-43-40-21-19-17-14-11-8-5-2/h7-8,10-11,16-19,22-23,25-26,28-29,40,43,47,50,59H,4-6,9,12-15,20-21,24,27,30-39,41-42,44-46,48-49,51-58H2,1-3H3/b10-7-,11-8-,18-16-,19-17-,23-22-,26-25-,29-28-,43-40-,50-47-. The number of ether oxygens (including phenoxy) is 3. The van der Waals surface area contributed by atoms with Crippen LogP contribution in [0.3, 0.4) is 0 Å². The molecule has 0 aliphatic rings. The van der Waals surface area contributed by atoms with Gasteiger partial charge in [0.25, 0.3) is 0 Å². The molecule has 0 aromatic carbocycles. The Morgan fingerprint density at radius 1 is 0.309 bits per heavy atom. The van der Waals surface area contributed by atoms with Crippen molar-refractivity contribution in [3.8, 4) is 0 Å². The third-order valence-corrected chi connectivity index (χ3v) is 11.5. The molecular formula is C62H102O6. The van der Waals surface area contributed by atoms with Gasteiger partial charge < -0.3 is 14.2 Å². The number of allylic oxidation sites excluding steroid dienone is 18. The van der Waals surface area contributed by atoms with Crippen LogP contribution < -0.4 is 0 Å². The molecule has 68 heavy (non-hydrogen) atoms. The van der Waals surface area contributed by atoms with Crippen LogP contribution in [-0.2, 0) is 28.6 Å². The van der Waals surface area contributed by atoms with Crippen LogP contribution in [0.1, 0.15) is 245 Å². The molecule has 1 atom stereocenters. The Morgan fingerprint density at radius 3 is 0.956 bits per heavy atom. The summed E-state index contributed by atoms with van der Waals surface area (Å²) in [4.78, 5) is 37.7. The Kier molecular flexibility index (Phi) is 52.4. The van der Waals surface area contributed by atoms with E-state index in [-0.39, 0.29) is 31.6 Å². The molecule has 0 radical (unpaired) electrons. The highest BCUT2D eigenvalue weighted by atomic mass is 16.6. The van der Waals surface area contributed by atoms with Gasteiger partial charge in [-0.2, -0.15) is 0 Å². The summed E-state index contributed by atoms with van der Waals surface area (Å²) in [5, 5.41) is 0. The molecule has 0 aliphatic carbocycles. The van der Waals surface area contributed by atoms with Crippen LogP contribution in [0.15, 0.2) is 109 Å². The second kappa shape index (κ2) is 55.7. The van der Waals surface area contributed by atoms with Gasteiger partial charge in [-0.15, -0.1) is 0 Å². The van der Waals surface area contributed by atoms with Gasteiger partial charge in [-0.25, -0.2) is 0 Å². The van der Waals surface area contributed by atoms with Crippen LogP contribution in [0.2, 0.25) is 0 Å². The Labute approximate surface area is 419 Å². The van der Waals surface area contributed by atoms with E-state index in [0.717, 1.165) is 96.3 Å². The first-order chi connectivity index (χ1) is 33.5. The zero-order chi connectivity index (χ0) is 49.3. The summed E-state index contributed by atoms with van der Waals surface area (Å²) >= 11 is 0. The molecule has 6 nitrogen and oxygen atoms in total. The molecule has 0 saturated heterocycles. The minimum absolute atomic E-state index is 0.106. The molecule has 0 bridgehead atoms. The number of esters is 3. The van der Waals surface area contributed by atoms with Crippen molar-refractivity contribution in [1.82, 2.24) is 0 Å². The lowest BCUT2D eigenvalue weighted by molar-refractivity contribution is -0.166. The van der Waals surface area contributed by atoms with Crippen molar-refractivity contribution < 1.29 is 28.6 Å². The summed E-state index contributed by atoms with van der Waals surface area (Å²) < 4.78 is 16.6. The van der Waals surface area contributed by atoms with Gasteiger partial charge in [0.05, 0.1) is 0 Å². The fourth-order valence-electron chi connectivity index (χ4n) is 7.42. The van der Waals surface area contributed by atoms with Crippen molar-refractivity contribution in [1.29, 1.82) is 0 Å². The lowest BCUT2D eigenvalue weighted by Crippen LogP contribution is -2.30. The van der Waals surface area contributed by atoms with E-state index in [1.807, 2.05) is 12.2 Å². The highest BCUT2D eigenvalue weighted by Gasteiger charge is 2.19. The number of hydrogen-bond donors (Lipinski definition) is 0. The minimum Gasteiger partial charge on any atom is -0.462 e. The first kappa shape index (κ1) is 64.1. The van der Waals surface area contributed by atoms with E-state index >= 15 is 0 Å². The third-order valence-electron chi connectivity index (χ3n) is 11.5. The lowest BCUT2D eigenvalue weighted by atomic mass is 10.0. The summed E-state index contributed by atoms with van der Waals surface area (Å²) in [5.74, 6) is -1.00. The van der Waals surface area contributed by atoms with Gasteiger partial charge in [0, 0.05) is 19.3 Å². The van der Waals surface area contributed by atoms with Crippen LogP contribution in [0.25, 0.3) is 0 Å². The molecule has 386 valence electrons. The van der Waals surface area contributed by atoms with E-state index in [0.29, 0.717) is 19.3 Å². The van der Waals surface area contributed by atoms with Crippen LogP contribution in [-0.4, -0.2) is 37.2 Å². The van der Waals surface area contributed by atoms with E-state index in [9.17, 15) is 14.4 Å². The normalized spacial score (nSPS) is 12.9. The zero-order valence-corrected chi connectivity index (χ0v) is 44.1. The predicted octanol–water partition coefficient (Wildman–Crippen LogP) is 18.7. The molecule has 0 saturated carbocycles. The number of rotatable bonds is 49. The monoisotopic (exact) mass is 943 g/mol. The maximum Gasteiger partial charge on any atom is 0.306 e. The van der Waals surface area contributed by atoms with E-state index in [4.69, 9.17) is 14.2 Å². The third kappa shape index (κ3) is 53.0. The first-order valence-corrected chi connectivity index (χ1v) is 27.9. The Hall–Kier alpha value is -3.93. The fourth-order valence-corrected chi connectivity index (χ4v) is 7.42. The minimum atomic E-state index is -0.812. The van der Waals surface area contributed by atoms with E-state index in [1.165, 1.54) is 103 Å². The Bertz CT molecular complexity index is 1410. The number of hydrogen-bond acceptors (Lipinski definition) is 6. The largest absolute Gasteiger partial charge is 0.462 e. The molecule has 0 fully saturated rings. The van der Waals surface area contributed by atoms with Gasteiger partial charge in [-0.3, -0.25) is 14.4 Å². The van der Waals surface area contributed by atoms with E-state index in [2.05, 4.69) is 118 Å². The molecule has 0 aliphatic heterocycles. The molecule has 0 spiro atoms. The van der Waals surface area contributed by atoms with Gasteiger partial charge in [0.15, 0.2) is 6.10 Å². The molecule has 0 amide bonds. The van der Waals surface area contributed by atoms with Crippen LogP contribution >= 0.6 is 0 Å². The molecule has 0 heterocycles. The molecule has 0 aromatic heterocycles. The Morgan fingerprint density at radius 2 is 0.603 bits per heavy atom. The van der Waals surface area contributed by atoms with Crippen LogP contribution in [0, 0.1) is 0 Å². The van der Waals surface area contributed by atoms with E-state index in [1.54, 1.807) is 0 Å². The van der Waals surface area contributed by atoms with Crippen molar-refractivity contribution in [2.75, 3.05) is 13.2 Å². The van der Waals surface area contributed by atoms with Gasteiger partial charge in [-0.05, 0) is 89.9 Å². The van der Waals surface area contributed by atoms with Crippen LogP contribution in [0.4, 0.5) is 0 Å². The van der Waals surface area contributed by atoms with Gasteiger partial charge >= 0.3 is 17.9 Å². The average Bonchev–Trinajstić information content (AvgIpc) is 3.34. The number of unbranched alkanes of at least 4 members (excludes halogenated alkanes) is 20. The highest BCUT2D eigenvalue weighted by Crippen LogP contribution is 2.15. The fraction of sp³-hybridized carbons (Fsp3) is 0.661. The van der Waals surface area contributed by atoms with Gasteiger partial charge in [0.1, 0.15) is 13.2 Å². The average molecular weight is 943 g/mol. The highest BCUT2D eigenvalue weighted by molar-refractivity contribution is 5.71. The quantitative estimate of drug-likeness (QED) is 0.0262. The molecule has 0 aromatic rings. The summed E-state index contributed by atoms with van der Waals surface area (Å²) in [5.41, 5.74) is 0. The smallest absolute Gasteiger partial charge is 0.306 e. The number of carbonyl (C=O) groups is 3. The molecule has 0 N–H and O–H groups in total. The summed E-state index contributed by atoms with van der Waals surface area (Å²) in [6.45, 7) is 6.28. The topological polar surface area (TPSA) is 78.9 Å². The summed E-state index contributed by atoms with van der Waals surface area (Å²) in [6.07, 6.45) is 75.7. The summed E-state index contributed by atoms with van der Waals surface area (Å²) in [7, 11) is 0. The molecule has 1 unspecified atom stereocenters. The Balaban J connectivity index is 4.06. The van der Waals surface area contributed by atoms with Crippen molar-refractivity contribution in [3.63, 3.8) is 0 Å². The van der Waals surface area contributed by atoms with Crippen molar-refractivity contribution in [2.24, 2.45) is 0 Å². The SMILES string of the molecule is CC/C=C\C/C=C\C/C=C\C/C=C\C/C=C\CCCCCCCCCCCCCCCCCC(=O)OCC(COC(=O)CCCCCCCC)OC(=O)CC/C=C\C/C=C\C/C=C\C/C=C\CC. The molecule has 0 rings (SSSR count). The van der Waals surface area contributed by atoms with Gasteiger partial charge in [0.2, 0.25) is 0 Å². The maximum absolute atomic E-state index is 12.7. The lowest BCUT2D eigenvalue weighted by Gasteiger charge is -2.18. The summed E-state index contributed by atoms with van der Waals surface area (Å²) in [6, 6.07) is 0. The van der Waals surface area contributed by atoms with Gasteiger partial charge in [-0.1, -0.05) is 246 Å². The second-order valence-corrected chi connectivity index (χ2v) is 18.1. The van der Waals surface area contributed by atoms with Crippen molar-refractivity contribution >= 4 is 17.9 Å².